The van der Waals surface area contributed by atoms with Gasteiger partial charge in [-0.2, -0.15) is 0 Å². The first-order chi connectivity index (χ1) is 11.8. The molecule has 3 fully saturated rings. The molecular weight excluding hydrogens is 320 g/mol. The van der Waals surface area contributed by atoms with Crippen LogP contribution in [0.3, 0.4) is 0 Å². The molecule has 4 rings (SSSR count). The second kappa shape index (κ2) is 5.89. The Morgan fingerprint density at radius 1 is 0.920 bits per heavy atom. The second-order valence-corrected chi connectivity index (χ2v) is 7.96. The average Bonchev–Trinajstić information content (AvgIpc) is 2.88. The van der Waals surface area contributed by atoms with Crippen molar-refractivity contribution in [2.45, 2.75) is 63.7 Å². The molecule has 5 nitrogen and oxygen atoms in total. The number of hydrogen-bond donors (Lipinski definition) is 1. The van der Waals surface area contributed by atoms with Gasteiger partial charge in [0.25, 0.3) is 0 Å². The predicted octanol–water partition coefficient (Wildman–Crippen LogP) is 2.73. The van der Waals surface area contributed by atoms with Crippen LogP contribution in [0.15, 0.2) is 35.9 Å². The summed E-state index contributed by atoms with van der Waals surface area (Å²) >= 11 is 0. The van der Waals surface area contributed by atoms with Gasteiger partial charge in [-0.15, -0.1) is 0 Å². The van der Waals surface area contributed by atoms with Gasteiger partial charge in [0.05, 0.1) is 12.7 Å². The van der Waals surface area contributed by atoms with Crippen molar-refractivity contribution in [1.82, 2.24) is 0 Å². The third-order valence-electron chi connectivity index (χ3n) is 5.13. The smallest absolute Gasteiger partial charge is 0.164 e. The maximum Gasteiger partial charge on any atom is 0.164 e. The van der Waals surface area contributed by atoms with Crippen molar-refractivity contribution < 1.29 is 24.1 Å². The zero-order valence-electron chi connectivity index (χ0n) is 15.1. The van der Waals surface area contributed by atoms with Crippen LogP contribution in [-0.2, 0) is 18.9 Å². The maximum atomic E-state index is 11.0. The van der Waals surface area contributed by atoms with Gasteiger partial charge in [-0.1, -0.05) is 36.4 Å². The molecule has 1 aliphatic carbocycles. The normalized spacial score (nSPS) is 40.5. The lowest BCUT2D eigenvalue weighted by Gasteiger charge is -2.49. The van der Waals surface area contributed by atoms with Crippen LogP contribution in [0.2, 0.25) is 0 Å². The van der Waals surface area contributed by atoms with Gasteiger partial charge >= 0.3 is 0 Å². The van der Waals surface area contributed by atoms with Gasteiger partial charge in [-0.05, 0) is 38.8 Å². The minimum absolute atomic E-state index is 0.0676. The zero-order chi connectivity index (χ0) is 17.8. The third kappa shape index (κ3) is 3.15. The van der Waals surface area contributed by atoms with Crippen LogP contribution in [0.5, 0.6) is 0 Å². The quantitative estimate of drug-likeness (QED) is 0.847. The summed E-state index contributed by atoms with van der Waals surface area (Å²) in [5.41, 5.74) is 1.92. The second-order valence-electron chi connectivity index (χ2n) is 7.96. The summed E-state index contributed by atoms with van der Waals surface area (Å²) in [4.78, 5) is 0. The summed E-state index contributed by atoms with van der Waals surface area (Å²) in [6.45, 7) is 8.05. The minimum atomic E-state index is -0.748. The number of aliphatic hydroxyl groups excluding tert-OH is 1. The van der Waals surface area contributed by atoms with Gasteiger partial charge in [0.1, 0.15) is 18.3 Å². The number of ether oxygens (including phenoxy) is 4. The molecule has 0 aromatic heterocycles. The van der Waals surface area contributed by atoms with Crippen LogP contribution in [0, 0.1) is 5.92 Å². The van der Waals surface area contributed by atoms with Gasteiger partial charge in [0.15, 0.2) is 11.6 Å². The molecule has 136 valence electrons. The van der Waals surface area contributed by atoms with Gasteiger partial charge < -0.3 is 24.1 Å². The Morgan fingerprint density at radius 3 is 2.28 bits per heavy atom. The van der Waals surface area contributed by atoms with E-state index in [9.17, 15) is 5.11 Å². The van der Waals surface area contributed by atoms with E-state index in [1.165, 1.54) is 0 Å². The van der Waals surface area contributed by atoms with Crippen molar-refractivity contribution in [3.05, 3.63) is 41.5 Å². The molecule has 25 heavy (non-hydrogen) atoms. The Balaban J connectivity index is 1.74. The summed E-state index contributed by atoms with van der Waals surface area (Å²) in [6, 6.07) is 9.98. The zero-order valence-corrected chi connectivity index (χ0v) is 15.1. The van der Waals surface area contributed by atoms with Crippen LogP contribution in [-0.4, -0.2) is 47.7 Å². The number of rotatable bonds is 1. The van der Waals surface area contributed by atoms with Gasteiger partial charge in [-0.25, -0.2) is 0 Å². The van der Waals surface area contributed by atoms with Crippen LogP contribution in [0.25, 0.3) is 6.08 Å². The molecule has 5 atom stereocenters. The maximum absolute atomic E-state index is 11.0. The summed E-state index contributed by atoms with van der Waals surface area (Å²) in [7, 11) is 0. The first kappa shape index (κ1) is 17.2. The Bertz CT molecular complexity index is 666. The largest absolute Gasteiger partial charge is 0.386 e. The number of aliphatic hydroxyl groups is 1. The van der Waals surface area contributed by atoms with Crippen LogP contribution in [0.4, 0.5) is 0 Å². The number of fused-ring (bicyclic) bond motifs is 3. The SMILES string of the molecule is CC1(C)O[C@@H]2[C@H](O1)[C@H](O)/C(=C/c1ccccc1)[C@@H]1COC(C)(C)O[C@@H]21. The molecule has 2 aliphatic heterocycles. The highest BCUT2D eigenvalue weighted by atomic mass is 16.8. The molecule has 0 bridgehead atoms. The molecule has 0 radical (unpaired) electrons. The highest BCUT2D eigenvalue weighted by molar-refractivity contribution is 5.55. The third-order valence-corrected chi connectivity index (χ3v) is 5.13. The molecule has 3 aliphatic rings. The van der Waals surface area contributed by atoms with Crippen molar-refractivity contribution in [2.24, 2.45) is 5.92 Å². The fourth-order valence-electron chi connectivity index (χ4n) is 4.07. The van der Waals surface area contributed by atoms with E-state index >= 15 is 0 Å². The molecule has 1 aromatic rings. The standard InChI is InChI=1S/C20H26O5/c1-19(2)22-11-14-13(10-12-8-6-5-7-9-12)15(21)17-18(16(14)23-19)25-20(3,4)24-17/h5-10,14-18,21H,11H2,1-4H3/b13-10+/t14-,15+,16+,17+,18-/m0/s1. The lowest BCUT2D eigenvalue weighted by molar-refractivity contribution is -0.313. The van der Waals surface area contributed by atoms with Crippen molar-refractivity contribution in [3.63, 3.8) is 0 Å². The monoisotopic (exact) mass is 346 g/mol. The molecule has 0 spiro atoms. The minimum Gasteiger partial charge on any atom is -0.386 e. The van der Waals surface area contributed by atoms with Gasteiger partial charge in [0.2, 0.25) is 0 Å². The predicted molar refractivity (Wildman–Crippen MR) is 92.6 cm³/mol. The number of benzene rings is 1. The summed E-state index contributed by atoms with van der Waals surface area (Å²) in [5, 5.41) is 11.0. The van der Waals surface area contributed by atoms with Crippen molar-refractivity contribution in [1.29, 1.82) is 0 Å². The fraction of sp³-hybridized carbons (Fsp3) is 0.600. The van der Waals surface area contributed by atoms with E-state index in [2.05, 4.69) is 0 Å². The Labute approximate surface area is 148 Å². The molecule has 2 heterocycles. The van der Waals surface area contributed by atoms with Gasteiger partial charge in [0, 0.05) is 5.92 Å². The van der Waals surface area contributed by atoms with Crippen LogP contribution >= 0.6 is 0 Å². The Hall–Kier alpha value is -1.24. The topological polar surface area (TPSA) is 57.2 Å². The van der Waals surface area contributed by atoms with E-state index in [0.717, 1.165) is 11.1 Å². The Morgan fingerprint density at radius 2 is 1.56 bits per heavy atom. The van der Waals surface area contributed by atoms with Crippen LogP contribution < -0.4 is 0 Å². The van der Waals surface area contributed by atoms with E-state index in [4.69, 9.17) is 18.9 Å². The molecule has 0 unspecified atom stereocenters. The van der Waals surface area contributed by atoms with E-state index in [1.54, 1.807) is 0 Å². The van der Waals surface area contributed by atoms with E-state index in [0.29, 0.717) is 6.61 Å². The Kier molecular flexibility index (Phi) is 4.05. The number of hydrogen-bond acceptors (Lipinski definition) is 5. The van der Waals surface area contributed by atoms with E-state index in [1.807, 2.05) is 64.1 Å². The van der Waals surface area contributed by atoms with Crippen molar-refractivity contribution in [3.8, 4) is 0 Å². The van der Waals surface area contributed by atoms with Crippen molar-refractivity contribution in [2.75, 3.05) is 6.61 Å². The molecule has 1 N–H and O–H groups in total. The average molecular weight is 346 g/mol. The highest BCUT2D eigenvalue weighted by Gasteiger charge is 2.58. The first-order valence-electron chi connectivity index (χ1n) is 8.88. The van der Waals surface area contributed by atoms with Gasteiger partial charge in [-0.3, -0.25) is 0 Å². The summed E-state index contributed by atoms with van der Waals surface area (Å²) in [6.07, 6.45) is 0.305. The highest BCUT2D eigenvalue weighted by Crippen LogP contribution is 2.46. The van der Waals surface area contributed by atoms with Crippen LogP contribution in [0.1, 0.15) is 33.3 Å². The molecule has 0 amide bonds. The fourth-order valence-corrected chi connectivity index (χ4v) is 4.07. The van der Waals surface area contributed by atoms with Crippen molar-refractivity contribution >= 4 is 6.08 Å². The molecular formula is C20H26O5. The van der Waals surface area contributed by atoms with E-state index < -0.39 is 23.8 Å². The molecule has 1 aromatic carbocycles. The molecule has 1 saturated carbocycles. The lowest BCUT2D eigenvalue weighted by Crippen LogP contribution is -2.60. The molecule has 2 saturated heterocycles. The first-order valence-corrected chi connectivity index (χ1v) is 8.88. The summed E-state index contributed by atoms with van der Waals surface area (Å²) < 4.78 is 24.2. The lowest BCUT2D eigenvalue weighted by atomic mass is 9.75. The van der Waals surface area contributed by atoms with E-state index in [-0.39, 0.29) is 18.1 Å². The summed E-state index contributed by atoms with van der Waals surface area (Å²) in [5.74, 6) is -1.49. The molecule has 5 heteroatoms.